The van der Waals surface area contributed by atoms with Crippen molar-refractivity contribution in [2.45, 2.75) is 25.3 Å². The maximum Gasteiger partial charge on any atom is 0.163 e. The highest BCUT2D eigenvalue weighted by Crippen LogP contribution is 2.39. The second-order valence-electron chi connectivity index (χ2n) is 5.61. The van der Waals surface area contributed by atoms with Crippen LogP contribution in [0.2, 0.25) is 0 Å². The molecule has 1 aliphatic carbocycles. The minimum absolute atomic E-state index is 0.151. The lowest BCUT2D eigenvalue weighted by atomic mass is 10.2. The Kier molecular flexibility index (Phi) is 2.57. The van der Waals surface area contributed by atoms with Crippen LogP contribution in [0.4, 0.5) is 5.82 Å². The molecule has 0 radical (unpaired) electrons. The second-order valence-corrected chi connectivity index (χ2v) is 5.61. The number of rotatable bonds is 3. The van der Waals surface area contributed by atoms with Crippen molar-refractivity contribution in [2.75, 3.05) is 5.32 Å². The van der Waals surface area contributed by atoms with Crippen molar-refractivity contribution in [3.63, 3.8) is 0 Å². The van der Waals surface area contributed by atoms with Crippen molar-refractivity contribution in [1.82, 2.24) is 25.1 Å². The van der Waals surface area contributed by atoms with Crippen LogP contribution in [0.3, 0.4) is 0 Å². The first-order valence-electron chi connectivity index (χ1n) is 6.91. The van der Waals surface area contributed by atoms with Crippen LogP contribution in [0.15, 0.2) is 36.9 Å². The Labute approximate surface area is 121 Å². The highest BCUT2D eigenvalue weighted by atomic mass is 15.1. The number of hydrogen-bond donors (Lipinski definition) is 1. The maximum absolute atomic E-state index is 4.68. The average Bonchev–Trinajstić information content (AvgIpc) is 3.25. The van der Waals surface area contributed by atoms with Crippen LogP contribution >= 0.6 is 0 Å². The predicted octanol–water partition coefficient (Wildman–Crippen LogP) is 2.45. The van der Waals surface area contributed by atoms with Gasteiger partial charge in [-0.25, -0.2) is 9.97 Å². The monoisotopic (exact) mass is 278 g/mol. The average molecular weight is 278 g/mol. The highest BCUT2D eigenvalue weighted by Gasteiger charge is 2.37. The van der Waals surface area contributed by atoms with Gasteiger partial charge in [0.25, 0.3) is 0 Å². The summed E-state index contributed by atoms with van der Waals surface area (Å²) in [5, 5.41) is 12.2. The van der Waals surface area contributed by atoms with Crippen molar-refractivity contribution in [1.29, 1.82) is 0 Å². The molecule has 21 heavy (non-hydrogen) atoms. The van der Waals surface area contributed by atoms with Gasteiger partial charge < -0.3 is 5.32 Å². The fourth-order valence-corrected chi connectivity index (χ4v) is 2.23. The number of nitrogens with zero attached hydrogens (tertiary/aromatic N) is 5. The molecule has 6 heteroatoms. The zero-order valence-corrected chi connectivity index (χ0v) is 11.6. The van der Waals surface area contributed by atoms with Crippen LogP contribution in [-0.2, 0) is 0 Å². The lowest BCUT2D eigenvalue weighted by molar-refractivity contribution is 0.822. The van der Waals surface area contributed by atoms with Gasteiger partial charge in [0.15, 0.2) is 5.82 Å². The van der Waals surface area contributed by atoms with E-state index in [9.17, 15) is 0 Å². The van der Waals surface area contributed by atoms with Gasteiger partial charge in [0.1, 0.15) is 5.82 Å². The summed E-state index contributed by atoms with van der Waals surface area (Å²) in [6, 6.07) is 3.80. The Bertz CT molecular complexity index is 798. The third kappa shape index (κ3) is 2.29. The normalized spacial score (nSPS) is 15.9. The molecule has 0 atom stereocenters. The summed E-state index contributed by atoms with van der Waals surface area (Å²) in [5.74, 6) is 1.49. The van der Waals surface area contributed by atoms with Gasteiger partial charge in [0.05, 0.1) is 24.1 Å². The number of nitrogens with one attached hydrogen (secondary N) is 1. The SMILES string of the molecule is CC1(Nc2nc(-c3ccnnc3)nc3cnccc23)CC1. The fourth-order valence-electron chi connectivity index (χ4n) is 2.23. The van der Waals surface area contributed by atoms with Crippen LogP contribution in [-0.4, -0.2) is 30.7 Å². The van der Waals surface area contributed by atoms with E-state index in [-0.39, 0.29) is 5.54 Å². The largest absolute Gasteiger partial charge is 0.364 e. The smallest absolute Gasteiger partial charge is 0.163 e. The summed E-state index contributed by atoms with van der Waals surface area (Å²) in [4.78, 5) is 13.4. The van der Waals surface area contributed by atoms with E-state index >= 15 is 0 Å². The van der Waals surface area contributed by atoms with Crippen LogP contribution in [0.1, 0.15) is 19.8 Å². The number of aromatic nitrogens is 5. The van der Waals surface area contributed by atoms with Crippen molar-refractivity contribution in [3.8, 4) is 11.4 Å². The minimum atomic E-state index is 0.151. The van der Waals surface area contributed by atoms with E-state index < -0.39 is 0 Å². The first kappa shape index (κ1) is 12.1. The standard InChI is InChI=1S/C15H14N6/c1-15(4-5-15)21-14-11-3-6-16-9-12(11)19-13(20-14)10-2-7-17-18-8-10/h2-3,6-9H,4-5H2,1H3,(H,19,20,21). The molecule has 1 N–H and O–H groups in total. The number of anilines is 1. The van der Waals surface area contributed by atoms with E-state index in [1.165, 1.54) is 0 Å². The fraction of sp³-hybridized carbons (Fsp3) is 0.267. The molecular formula is C15H14N6. The molecule has 3 aromatic heterocycles. The Hall–Kier alpha value is -2.63. The van der Waals surface area contributed by atoms with E-state index in [1.54, 1.807) is 24.8 Å². The van der Waals surface area contributed by atoms with Gasteiger partial charge in [-0.2, -0.15) is 10.2 Å². The summed E-state index contributed by atoms with van der Waals surface area (Å²) < 4.78 is 0. The van der Waals surface area contributed by atoms with E-state index in [0.29, 0.717) is 5.82 Å². The van der Waals surface area contributed by atoms with Crippen LogP contribution < -0.4 is 5.32 Å². The molecule has 4 rings (SSSR count). The van der Waals surface area contributed by atoms with E-state index in [0.717, 1.165) is 35.1 Å². The van der Waals surface area contributed by atoms with Crippen LogP contribution in [0, 0.1) is 0 Å². The molecular weight excluding hydrogens is 264 g/mol. The zero-order chi connectivity index (χ0) is 14.3. The van der Waals surface area contributed by atoms with Crippen molar-refractivity contribution < 1.29 is 0 Å². The first-order valence-corrected chi connectivity index (χ1v) is 6.91. The molecule has 3 aromatic rings. The molecule has 3 heterocycles. The second kappa shape index (κ2) is 4.44. The minimum Gasteiger partial charge on any atom is -0.364 e. The molecule has 104 valence electrons. The molecule has 1 aliphatic rings. The summed E-state index contributed by atoms with van der Waals surface area (Å²) in [7, 11) is 0. The summed E-state index contributed by atoms with van der Waals surface area (Å²) in [5.41, 5.74) is 1.82. The molecule has 1 fully saturated rings. The third-order valence-electron chi connectivity index (χ3n) is 3.76. The van der Waals surface area contributed by atoms with Gasteiger partial charge in [0, 0.05) is 22.7 Å². The molecule has 0 spiro atoms. The summed E-state index contributed by atoms with van der Waals surface area (Å²) in [6.07, 6.45) is 9.16. The Morgan fingerprint density at radius 3 is 2.71 bits per heavy atom. The van der Waals surface area contributed by atoms with Gasteiger partial charge in [-0.15, -0.1) is 0 Å². The van der Waals surface area contributed by atoms with E-state index in [2.05, 4.69) is 37.4 Å². The molecule has 0 saturated heterocycles. The lowest BCUT2D eigenvalue weighted by Gasteiger charge is -2.15. The highest BCUT2D eigenvalue weighted by molar-refractivity contribution is 5.90. The summed E-state index contributed by atoms with van der Waals surface area (Å²) in [6.45, 7) is 2.20. The molecule has 0 bridgehead atoms. The first-order chi connectivity index (χ1) is 10.2. The number of fused-ring (bicyclic) bond motifs is 1. The molecule has 1 saturated carbocycles. The molecule has 0 unspecified atom stereocenters. The summed E-state index contributed by atoms with van der Waals surface area (Å²) >= 11 is 0. The predicted molar refractivity (Wildman–Crippen MR) is 79.6 cm³/mol. The van der Waals surface area contributed by atoms with Gasteiger partial charge in [-0.05, 0) is 31.9 Å². The topological polar surface area (TPSA) is 76.5 Å². The maximum atomic E-state index is 4.68. The van der Waals surface area contributed by atoms with E-state index in [4.69, 9.17) is 0 Å². The third-order valence-corrected chi connectivity index (χ3v) is 3.76. The van der Waals surface area contributed by atoms with Crippen molar-refractivity contribution >= 4 is 16.7 Å². The van der Waals surface area contributed by atoms with E-state index in [1.807, 2.05) is 12.1 Å². The van der Waals surface area contributed by atoms with Gasteiger partial charge in [-0.1, -0.05) is 0 Å². The number of pyridine rings is 1. The van der Waals surface area contributed by atoms with Crippen molar-refractivity contribution in [2.24, 2.45) is 0 Å². The zero-order valence-electron chi connectivity index (χ0n) is 11.6. The van der Waals surface area contributed by atoms with Gasteiger partial charge >= 0.3 is 0 Å². The Balaban J connectivity index is 1.89. The van der Waals surface area contributed by atoms with Gasteiger partial charge in [-0.3, -0.25) is 4.98 Å². The quantitative estimate of drug-likeness (QED) is 0.793. The molecule has 6 nitrogen and oxygen atoms in total. The Morgan fingerprint density at radius 2 is 1.95 bits per heavy atom. The lowest BCUT2D eigenvalue weighted by Crippen LogP contribution is -2.17. The van der Waals surface area contributed by atoms with Crippen LogP contribution in [0.25, 0.3) is 22.3 Å². The molecule has 0 aromatic carbocycles. The van der Waals surface area contributed by atoms with Crippen LogP contribution in [0.5, 0.6) is 0 Å². The Morgan fingerprint density at radius 1 is 1.05 bits per heavy atom. The molecule has 0 amide bonds. The van der Waals surface area contributed by atoms with Crippen molar-refractivity contribution in [3.05, 3.63) is 36.9 Å². The number of hydrogen-bond acceptors (Lipinski definition) is 6. The molecule has 0 aliphatic heterocycles. The van der Waals surface area contributed by atoms with Gasteiger partial charge in [0.2, 0.25) is 0 Å².